The fourth-order valence-corrected chi connectivity index (χ4v) is 3.37. The quantitative estimate of drug-likeness (QED) is 0.646. The highest BCUT2D eigenvalue weighted by Crippen LogP contribution is 2.18. The van der Waals surface area contributed by atoms with Crippen LogP contribution in [0.2, 0.25) is 0 Å². The zero-order chi connectivity index (χ0) is 19.9. The average molecular weight is 388 g/mol. The molecule has 144 valence electrons. The molecule has 2 aromatic carbocycles. The normalized spacial score (nSPS) is 12.2. The number of hydrogen-bond donors (Lipinski definition) is 2. The number of amides is 1. The summed E-state index contributed by atoms with van der Waals surface area (Å²) < 4.78 is 32.3. The number of carbonyl (C=O) groups excluding carboxylic acids is 1. The molecule has 0 aliphatic rings. The maximum atomic E-state index is 12.5. The smallest absolute Gasteiger partial charge is 0.265 e. The second-order valence-electron chi connectivity index (χ2n) is 5.99. The van der Waals surface area contributed by atoms with Crippen molar-refractivity contribution in [2.24, 2.45) is 0 Å². The van der Waals surface area contributed by atoms with Crippen molar-refractivity contribution in [3.8, 4) is 5.75 Å². The third kappa shape index (κ3) is 5.94. The number of ether oxygens (including phenoxy) is 1. The molecule has 7 heteroatoms. The molecule has 0 bridgehead atoms. The van der Waals surface area contributed by atoms with Crippen LogP contribution in [0.4, 0.5) is 5.69 Å². The summed E-state index contributed by atoms with van der Waals surface area (Å²) in [5, 5.41) is 2.75. The Kier molecular flexibility index (Phi) is 7.15. The van der Waals surface area contributed by atoms with Gasteiger partial charge in [-0.25, -0.2) is 13.1 Å². The molecule has 2 aromatic rings. The zero-order valence-corrected chi connectivity index (χ0v) is 16.3. The van der Waals surface area contributed by atoms with Gasteiger partial charge in [0.05, 0.1) is 4.90 Å². The van der Waals surface area contributed by atoms with Gasteiger partial charge in [0.2, 0.25) is 10.0 Å². The molecular formula is C20H24N2O4S. The fraction of sp³-hybridized carbons (Fsp3) is 0.250. The van der Waals surface area contributed by atoms with E-state index < -0.39 is 16.1 Å². The average Bonchev–Trinajstić information content (AvgIpc) is 2.65. The second kappa shape index (κ2) is 9.34. The lowest BCUT2D eigenvalue weighted by atomic mass is 10.2. The molecule has 0 aromatic heterocycles. The summed E-state index contributed by atoms with van der Waals surface area (Å²) in [7, 11) is -3.59. The molecule has 0 fully saturated rings. The van der Waals surface area contributed by atoms with Crippen LogP contribution in [0.5, 0.6) is 5.75 Å². The lowest BCUT2D eigenvalue weighted by Crippen LogP contribution is -2.32. The summed E-state index contributed by atoms with van der Waals surface area (Å²) in [5.74, 6) is 0.339. The fourth-order valence-electron chi connectivity index (χ4n) is 2.37. The summed E-state index contributed by atoms with van der Waals surface area (Å²) in [6.07, 6.45) is 1.31. The third-order valence-electron chi connectivity index (χ3n) is 3.78. The molecule has 0 saturated carbocycles. The van der Waals surface area contributed by atoms with E-state index in [1.807, 2.05) is 32.0 Å². The number of rotatable bonds is 9. The Balaban J connectivity index is 2.04. The zero-order valence-electron chi connectivity index (χ0n) is 15.4. The molecule has 1 unspecified atom stereocenters. The van der Waals surface area contributed by atoms with Gasteiger partial charge < -0.3 is 10.1 Å². The maximum absolute atomic E-state index is 12.5. The largest absolute Gasteiger partial charge is 0.481 e. The highest BCUT2D eigenvalue weighted by molar-refractivity contribution is 7.89. The first-order valence-corrected chi connectivity index (χ1v) is 10.1. The SMILES string of the molecule is C=CCNS(=O)(=O)c1ccc(NC(=O)C(CC)Oc2cccc(C)c2)cc1. The number of hydrogen-bond acceptors (Lipinski definition) is 4. The van der Waals surface area contributed by atoms with Crippen molar-refractivity contribution >= 4 is 21.6 Å². The highest BCUT2D eigenvalue weighted by Gasteiger charge is 2.19. The summed E-state index contributed by atoms with van der Waals surface area (Å²) in [5.41, 5.74) is 1.54. The van der Waals surface area contributed by atoms with Gasteiger partial charge in [0.25, 0.3) is 5.91 Å². The van der Waals surface area contributed by atoms with E-state index in [9.17, 15) is 13.2 Å². The van der Waals surface area contributed by atoms with Crippen molar-refractivity contribution in [2.75, 3.05) is 11.9 Å². The van der Waals surface area contributed by atoms with Crippen molar-refractivity contribution in [3.05, 3.63) is 66.7 Å². The van der Waals surface area contributed by atoms with Crippen molar-refractivity contribution in [2.45, 2.75) is 31.3 Å². The molecule has 27 heavy (non-hydrogen) atoms. The minimum Gasteiger partial charge on any atom is -0.481 e. The summed E-state index contributed by atoms with van der Waals surface area (Å²) in [6, 6.07) is 13.4. The van der Waals surface area contributed by atoms with Crippen LogP contribution in [-0.2, 0) is 14.8 Å². The van der Waals surface area contributed by atoms with Gasteiger partial charge in [-0.1, -0.05) is 25.1 Å². The van der Waals surface area contributed by atoms with E-state index in [0.717, 1.165) is 5.56 Å². The summed E-state index contributed by atoms with van der Waals surface area (Å²) in [6.45, 7) is 7.44. The van der Waals surface area contributed by atoms with Gasteiger partial charge in [0.15, 0.2) is 6.10 Å². The van der Waals surface area contributed by atoms with Gasteiger partial charge in [0, 0.05) is 12.2 Å². The molecule has 0 saturated heterocycles. The van der Waals surface area contributed by atoms with Crippen LogP contribution in [-0.4, -0.2) is 27.0 Å². The minimum atomic E-state index is -3.59. The lowest BCUT2D eigenvalue weighted by Gasteiger charge is -2.17. The molecule has 0 radical (unpaired) electrons. The van der Waals surface area contributed by atoms with E-state index in [1.54, 1.807) is 18.2 Å². The van der Waals surface area contributed by atoms with Crippen LogP contribution in [0, 0.1) is 6.92 Å². The van der Waals surface area contributed by atoms with E-state index in [2.05, 4.69) is 16.6 Å². The lowest BCUT2D eigenvalue weighted by molar-refractivity contribution is -0.122. The molecular weight excluding hydrogens is 364 g/mol. The van der Waals surface area contributed by atoms with Gasteiger partial charge in [-0.15, -0.1) is 6.58 Å². The number of aryl methyl sites for hydroxylation is 1. The number of nitrogens with one attached hydrogen (secondary N) is 2. The molecule has 2 N–H and O–H groups in total. The summed E-state index contributed by atoms with van der Waals surface area (Å²) in [4.78, 5) is 12.6. The summed E-state index contributed by atoms with van der Waals surface area (Å²) >= 11 is 0. The topological polar surface area (TPSA) is 84.5 Å². The molecule has 0 spiro atoms. The second-order valence-corrected chi connectivity index (χ2v) is 7.75. The van der Waals surface area contributed by atoms with E-state index in [4.69, 9.17) is 4.74 Å². The predicted octanol–water partition coefficient (Wildman–Crippen LogP) is 3.26. The van der Waals surface area contributed by atoms with E-state index in [1.165, 1.54) is 18.2 Å². The van der Waals surface area contributed by atoms with Crippen LogP contribution >= 0.6 is 0 Å². The van der Waals surface area contributed by atoms with Crippen LogP contribution < -0.4 is 14.8 Å². The first-order valence-electron chi connectivity index (χ1n) is 8.60. The first-order chi connectivity index (χ1) is 12.9. The highest BCUT2D eigenvalue weighted by atomic mass is 32.2. The molecule has 6 nitrogen and oxygen atoms in total. The Morgan fingerprint density at radius 1 is 1.22 bits per heavy atom. The van der Waals surface area contributed by atoms with E-state index in [-0.39, 0.29) is 17.3 Å². The van der Waals surface area contributed by atoms with Crippen molar-refractivity contribution in [1.29, 1.82) is 0 Å². The van der Waals surface area contributed by atoms with Crippen molar-refractivity contribution < 1.29 is 17.9 Å². The van der Waals surface area contributed by atoms with Gasteiger partial charge in [-0.2, -0.15) is 0 Å². The van der Waals surface area contributed by atoms with Crippen LogP contribution in [0.15, 0.2) is 66.1 Å². The Bertz CT molecular complexity index is 892. The van der Waals surface area contributed by atoms with Crippen LogP contribution in [0.25, 0.3) is 0 Å². The minimum absolute atomic E-state index is 0.116. The molecule has 0 heterocycles. The maximum Gasteiger partial charge on any atom is 0.265 e. The number of sulfonamides is 1. The van der Waals surface area contributed by atoms with Gasteiger partial charge in [-0.3, -0.25) is 4.79 Å². The Morgan fingerprint density at radius 3 is 2.52 bits per heavy atom. The van der Waals surface area contributed by atoms with Gasteiger partial charge >= 0.3 is 0 Å². The number of carbonyl (C=O) groups is 1. The molecule has 0 aliphatic heterocycles. The van der Waals surface area contributed by atoms with Crippen LogP contribution in [0.3, 0.4) is 0 Å². The Labute approximate surface area is 160 Å². The van der Waals surface area contributed by atoms with Gasteiger partial charge in [-0.05, 0) is 55.3 Å². The van der Waals surface area contributed by atoms with Crippen molar-refractivity contribution in [1.82, 2.24) is 4.72 Å². The molecule has 1 atom stereocenters. The van der Waals surface area contributed by atoms with Gasteiger partial charge in [0.1, 0.15) is 5.75 Å². The number of benzene rings is 2. The van der Waals surface area contributed by atoms with Crippen molar-refractivity contribution in [3.63, 3.8) is 0 Å². The third-order valence-corrected chi connectivity index (χ3v) is 5.22. The predicted molar refractivity (Wildman–Crippen MR) is 106 cm³/mol. The number of anilines is 1. The first kappa shape index (κ1) is 20.7. The molecule has 1 amide bonds. The monoisotopic (exact) mass is 388 g/mol. The molecule has 0 aliphatic carbocycles. The Morgan fingerprint density at radius 2 is 1.93 bits per heavy atom. The van der Waals surface area contributed by atoms with Crippen LogP contribution in [0.1, 0.15) is 18.9 Å². The Hall–Kier alpha value is -2.64. The molecule has 2 rings (SSSR count). The van der Waals surface area contributed by atoms with E-state index in [0.29, 0.717) is 17.9 Å². The van der Waals surface area contributed by atoms with E-state index >= 15 is 0 Å². The standard InChI is InChI=1S/C20H24N2O4S/c1-4-13-21-27(24,25)18-11-9-16(10-12-18)22-20(23)19(5-2)26-17-8-6-7-15(3)14-17/h4,6-12,14,19,21H,1,5,13H2,2-3H3,(H,22,23).